The number of carbonyl (C=O) groups excluding carboxylic acids is 1. The van der Waals surface area contributed by atoms with Crippen LogP contribution in [0.4, 0.5) is 10.5 Å². The van der Waals surface area contributed by atoms with E-state index in [1.54, 1.807) is 0 Å². The monoisotopic (exact) mass is 347 g/mol. The second-order valence-electron chi connectivity index (χ2n) is 7.71. The van der Waals surface area contributed by atoms with Gasteiger partial charge in [-0.15, -0.1) is 0 Å². The third kappa shape index (κ3) is 6.58. The summed E-state index contributed by atoms with van der Waals surface area (Å²) in [7, 11) is 0. The highest BCUT2D eigenvalue weighted by Gasteiger charge is 2.16. The minimum Gasteiger partial charge on any atom is -0.396 e. The van der Waals surface area contributed by atoms with Crippen LogP contribution in [0.2, 0.25) is 0 Å². The Kier molecular flexibility index (Phi) is 7.56. The molecular weight excluding hydrogens is 314 g/mol. The van der Waals surface area contributed by atoms with Gasteiger partial charge in [0, 0.05) is 38.5 Å². The summed E-state index contributed by atoms with van der Waals surface area (Å²) in [6.07, 6.45) is 5.55. The number of carbonyl (C=O) groups is 1. The number of urea groups is 1. The molecule has 0 bridgehead atoms. The number of aliphatic hydroxyl groups excluding tert-OH is 1. The molecule has 25 heavy (non-hydrogen) atoms. The molecule has 3 N–H and O–H groups in total. The lowest BCUT2D eigenvalue weighted by Crippen LogP contribution is -2.37. The molecule has 1 heterocycles. The molecule has 1 aromatic rings. The van der Waals surface area contributed by atoms with Gasteiger partial charge in [-0.25, -0.2) is 4.79 Å². The molecule has 1 aliphatic rings. The lowest BCUT2D eigenvalue weighted by atomic mass is 9.89. The van der Waals surface area contributed by atoms with Gasteiger partial charge in [0.15, 0.2) is 0 Å². The van der Waals surface area contributed by atoms with Crippen molar-refractivity contribution in [3.63, 3.8) is 0 Å². The Morgan fingerprint density at radius 1 is 1.16 bits per heavy atom. The number of hydrogen-bond acceptors (Lipinski definition) is 3. The molecule has 0 unspecified atom stereocenters. The Hall–Kier alpha value is -1.75. The van der Waals surface area contributed by atoms with Crippen molar-refractivity contribution in [3.05, 3.63) is 29.8 Å². The largest absolute Gasteiger partial charge is 0.396 e. The van der Waals surface area contributed by atoms with Gasteiger partial charge in [0.05, 0.1) is 0 Å². The van der Waals surface area contributed by atoms with Gasteiger partial charge >= 0.3 is 6.03 Å². The van der Waals surface area contributed by atoms with Crippen LogP contribution in [0, 0.1) is 5.41 Å². The first kappa shape index (κ1) is 19.6. The zero-order valence-corrected chi connectivity index (χ0v) is 15.7. The first-order valence-corrected chi connectivity index (χ1v) is 9.47. The third-order valence-corrected chi connectivity index (χ3v) is 4.87. The highest BCUT2D eigenvalue weighted by Crippen LogP contribution is 2.24. The van der Waals surface area contributed by atoms with Gasteiger partial charge in [0.25, 0.3) is 0 Å². The molecule has 1 fully saturated rings. The summed E-state index contributed by atoms with van der Waals surface area (Å²) in [5.74, 6) is 0. The minimum atomic E-state index is -0.129. The van der Waals surface area contributed by atoms with Crippen molar-refractivity contribution in [3.8, 4) is 0 Å². The third-order valence-electron chi connectivity index (χ3n) is 4.87. The van der Waals surface area contributed by atoms with Crippen molar-refractivity contribution in [2.75, 3.05) is 31.1 Å². The van der Waals surface area contributed by atoms with Crippen LogP contribution in [0.3, 0.4) is 0 Å². The number of hydrogen-bond donors (Lipinski definition) is 3. The van der Waals surface area contributed by atoms with E-state index in [9.17, 15) is 9.90 Å². The van der Waals surface area contributed by atoms with Gasteiger partial charge in [-0.3, -0.25) is 0 Å². The van der Waals surface area contributed by atoms with Crippen LogP contribution in [-0.2, 0) is 6.54 Å². The van der Waals surface area contributed by atoms with Crippen molar-refractivity contribution in [2.45, 2.75) is 52.5 Å². The van der Waals surface area contributed by atoms with E-state index in [1.807, 2.05) is 19.9 Å². The van der Waals surface area contributed by atoms with Crippen LogP contribution in [0.1, 0.15) is 51.5 Å². The number of nitrogens with zero attached hydrogens (tertiary/aromatic N) is 1. The first-order valence-electron chi connectivity index (χ1n) is 9.47. The van der Waals surface area contributed by atoms with E-state index in [0.29, 0.717) is 13.1 Å². The SMILES string of the molecule is CC(C)(CO)CCCNC(=O)NCc1ccccc1N1CCCCC1. The highest BCUT2D eigenvalue weighted by atomic mass is 16.3. The Morgan fingerprint density at radius 2 is 1.88 bits per heavy atom. The van der Waals surface area contributed by atoms with E-state index in [1.165, 1.54) is 30.5 Å². The molecule has 2 amide bonds. The van der Waals surface area contributed by atoms with E-state index in [-0.39, 0.29) is 18.1 Å². The van der Waals surface area contributed by atoms with Gasteiger partial charge in [-0.1, -0.05) is 32.0 Å². The predicted octanol–water partition coefficient (Wildman–Crippen LogP) is 3.27. The maximum absolute atomic E-state index is 12.0. The zero-order valence-electron chi connectivity index (χ0n) is 15.7. The molecule has 0 radical (unpaired) electrons. The number of aliphatic hydroxyl groups is 1. The van der Waals surface area contributed by atoms with Crippen LogP contribution in [-0.4, -0.2) is 37.4 Å². The lowest BCUT2D eigenvalue weighted by molar-refractivity contribution is 0.148. The Morgan fingerprint density at radius 3 is 2.60 bits per heavy atom. The summed E-state index contributed by atoms with van der Waals surface area (Å²) in [6.45, 7) is 7.61. The number of benzene rings is 1. The number of amides is 2. The molecule has 0 saturated carbocycles. The predicted molar refractivity (Wildman–Crippen MR) is 103 cm³/mol. The molecule has 5 nitrogen and oxygen atoms in total. The second-order valence-corrected chi connectivity index (χ2v) is 7.71. The normalized spacial score (nSPS) is 15.1. The summed E-state index contributed by atoms with van der Waals surface area (Å²) in [4.78, 5) is 14.4. The van der Waals surface area contributed by atoms with Crippen molar-refractivity contribution in [1.82, 2.24) is 10.6 Å². The molecule has 0 spiro atoms. The molecule has 5 heteroatoms. The maximum atomic E-state index is 12.0. The molecule has 140 valence electrons. The quantitative estimate of drug-likeness (QED) is 0.632. The van der Waals surface area contributed by atoms with Crippen LogP contribution in [0.25, 0.3) is 0 Å². The van der Waals surface area contributed by atoms with E-state index in [0.717, 1.165) is 25.9 Å². The van der Waals surface area contributed by atoms with E-state index in [2.05, 4.69) is 33.7 Å². The standard InChI is InChI=1S/C20H33N3O2/c1-20(2,16-24)11-8-12-21-19(25)22-15-17-9-4-5-10-18(17)23-13-6-3-7-14-23/h4-5,9-10,24H,3,6-8,11-16H2,1-2H3,(H2,21,22,25). The van der Waals surface area contributed by atoms with Crippen molar-refractivity contribution < 1.29 is 9.90 Å². The average Bonchev–Trinajstić information content (AvgIpc) is 2.64. The molecule has 0 aromatic heterocycles. The number of nitrogens with one attached hydrogen (secondary N) is 2. The van der Waals surface area contributed by atoms with Gasteiger partial charge < -0.3 is 20.6 Å². The topological polar surface area (TPSA) is 64.6 Å². The van der Waals surface area contributed by atoms with E-state index in [4.69, 9.17) is 0 Å². The van der Waals surface area contributed by atoms with Crippen molar-refractivity contribution in [2.24, 2.45) is 5.41 Å². The van der Waals surface area contributed by atoms with Crippen molar-refractivity contribution in [1.29, 1.82) is 0 Å². The van der Waals surface area contributed by atoms with E-state index >= 15 is 0 Å². The van der Waals surface area contributed by atoms with Gasteiger partial charge in [0.2, 0.25) is 0 Å². The molecule has 2 rings (SSSR count). The smallest absolute Gasteiger partial charge is 0.315 e. The fraction of sp³-hybridized carbons (Fsp3) is 0.650. The fourth-order valence-electron chi connectivity index (χ4n) is 3.19. The molecule has 0 aliphatic carbocycles. The zero-order chi connectivity index (χ0) is 18.1. The fourth-order valence-corrected chi connectivity index (χ4v) is 3.19. The summed E-state index contributed by atoms with van der Waals surface area (Å²) in [5, 5.41) is 15.1. The summed E-state index contributed by atoms with van der Waals surface area (Å²) < 4.78 is 0. The molecule has 1 saturated heterocycles. The van der Waals surface area contributed by atoms with Gasteiger partial charge in [0.1, 0.15) is 0 Å². The Balaban J connectivity index is 1.76. The van der Waals surface area contributed by atoms with Crippen LogP contribution >= 0.6 is 0 Å². The number of para-hydroxylation sites is 1. The highest BCUT2D eigenvalue weighted by molar-refractivity contribution is 5.74. The van der Waals surface area contributed by atoms with Gasteiger partial charge in [-0.05, 0) is 49.1 Å². The van der Waals surface area contributed by atoms with Gasteiger partial charge in [-0.2, -0.15) is 0 Å². The molecule has 0 atom stereocenters. The summed E-state index contributed by atoms with van der Waals surface area (Å²) >= 11 is 0. The summed E-state index contributed by atoms with van der Waals surface area (Å²) in [5.41, 5.74) is 2.33. The first-order chi connectivity index (χ1) is 12.0. The number of anilines is 1. The Labute approximate surface area is 151 Å². The second kappa shape index (κ2) is 9.66. The lowest BCUT2D eigenvalue weighted by Gasteiger charge is -2.30. The minimum absolute atomic E-state index is 0.0778. The van der Waals surface area contributed by atoms with E-state index < -0.39 is 0 Å². The number of piperidine rings is 1. The van der Waals surface area contributed by atoms with Crippen LogP contribution in [0.15, 0.2) is 24.3 Å². The summed E-state index contributed by atoms with van der Waals surface area (Å²) in [6, 6.07) is 8.20. The maximum Gasteiger partial charge on any atom is 0.315 e. The molecule has 1 aliphatic heterocycles. The van der Waals surface area contributed by atoms with Crippen LogP contribution < -0.4 is 15.5 Å². The number of rotatable bonds is 8. The average molecular weight is 348 g/mol. The molecular formula is C20H33N3O2. The molecule has 1 aromatic carbocycles. The van der Waals surface area contributed by atoms with Crippen LogP contribution in [0.5, 0.6) is 0 Å². The Bertz CT molecular complexity index is 539. The van der Waals surface area contributed by atoms with Crippen molar-refractivity contribution >= 4 is 11.7 Å².